The van der Waals surface area contributed by atoms with Gasteiger partial charge in [0.25, 0.3) is 10.2 Å². The smallest absolute Gasteiger partial charge is 0.281 e. The van der Waals surface area contributed by atoms with Crippen molar-refractivity contribution in [2.24, 2.45) is 0 Å². The van der Waals surface area contributed by atoms with Gasteiger partial charge in [0.1, 0.15) is 0 Å². The number of piperidine rings is 1. The molecule has 9 heteroatoms. The summed E-state index contributed by atoms with van der Waals surface area (Å²) in [5.74, 6) is 0.951. The van der Waals surface area contributed by atoms with E-state index < -0.39 is 10.2 Å². The Morgan fingerprint density at radius 1 is 1.41 bits per heavy atom. The van der Waals surface area contributed by atoms with Crippen LogP contribution in [0.15, 0.2) is 21.2 Å². The van der Waals surface area contributed by atoms with Crippen molar-refractivity contribution in [1.82, 2.24) is 18.8 Å². The molecule has 0 amide bonds. The van der Waals surface area contributed by atoms with Gasteiger partial charge in [-0.1, -0.05) is 0 Å². The van der Waals surface area contributed by atoms with Gasteiger partial charge in [-0.2, -0.15) is 28.4 Å². The first kappa shape index (κ1) is 15.6. The summed E-state index contributed by atoms with van der Waals surface area (Å²) in [7, 11) is -0.315. The minimum absolute atomic E-state index is 0.0524. The van der Waals surface area contributed by atoms with Crippen LogP contribution in [0, 0.1) is 0 Å². The number of rotatable bonds is 4. The van der Waals surface area contributed by atoms with Crippen molar-refractivity contribution < 1.29 is 12.8 Å². The highest BCUT2D eigenvalue weighted by Crippen LogP contribution is 2.30. The molecule has 0 spiro atoms. The summed E-state index contributed by atoms with van der Waals surface area (Å²) in [6.45, 7) is 0.911. The minimum Gasteiger partial charge on any atom is -0.420 e. The molecule has 0 N–H and O–H groups in total. The lowest BCUT2D eigenvalue weighted by atomic mass is 10.00. The summed E-state index contributed by atoms with van der Waals surface area (Å²) in [6.07, 6.45) is 1.64. The fourth-order valence-electron chi connectivity index (χ4n) is 2.49. The number of hydrogen-bond donors (Lipinski definition) is 0. The molecule has 0 aromatic carbocycles. The van der Waals surface area contributed by atoms with E-state index in [4.69, 9.17) is 4.42 Å². The van der Waals surface area contributed by atoms with Crippen LogP contribution in [0.4, 0.5) is 0 Å². The molecule has 0 unspecified atom stereocenters. The Hall–Kier alpha value is -1.29. The second-order valence-electron chi connectivity index (χ2n) is 5.44. The van der Waals surface area contributed by atoms with E-state index in [1.54, 1.807) is 25.4 Å². The third-order valence-corrected chi connectivity index (χ3v) is 6.32. The second-order valence-corrected chi connectivity index (χ2v) is 8.37. The van der Waals surface area contributed by atoms with Gasteiger partial charge in [-0.25, -0.2) is 0 Å². The van der Waals surface area contributed by atoms with Crippen LogP contribution in [0.2, 0.25) is 0 Å². The van der Waals surface area contributed by atoms with E-state index in [9.17, 15) is 8.42 Å². The van der Waals surface area contributed by atoms with Gasteiger partial charge in [-0.05, 0) is 24.3 Å². The van der Waals surface area contributed by atoms with Gasteiger partial charge in [-0.15, -0.1) is 10.2 Å². The zero-order valence-corrected chi connectivity index (χ0v) is 14.1. The summed E-state index contributed by atoms with van der Waals surface area (Å²) in [4.78, 5) is 0. The van der Waals surface area contributed by atoms with Gasteiger partial charge in [0.2, 0.25) is 11.8 Å². The van der Waals surface area contributed by atoms with Crippen LogP contribution in [-0.2, 0) is 10.2 Å². The van der Waals surface area contributed by atoms with Gasteiger partial charge in [0.15, 0.2) is 0 Å². The number of hydrogen-bond acceptors (Lipinski definition) is 6. The molecule has 1 saturated heterocycles. The third kappa shape index (κ3) is 2.94. The Labute approximate surface area is 133 Å². The average molecular weight is 342 g/mol. The molecule has 1 fully saturated rings. The number of aromatic nitrogens is 2. The molecule has 0 aliphatic carbocycles. The van der Waals surface area contributed by atoms with Gasteiger partial charge in [0, 0.05) is 38.1 Å². The Morgan fingerprint density at radius 2 is 2.23 bits per heavy atom. The molecule has 0 bridgehead atoms. The van der Waals surface area contributed by atoms with Crippen LogP contribution in [0.3, 0.4) is 0 Å². The van der Waals surface area contributed by atoms with E-state index in [0.29, 0.717) is 24.9 Å². The van der Waals surface area contributed by atoms with Crippen molar-refractivity contribution in [3.8, 4) is 11.5 Å². The highest BCUT2D eigenvalue weighted by Gasteiger charge is 2.33. The molecule has 0 saturated carbocycles. The summed E-state index contributed by atoms with van der Waals surface area (Å²) in [5, 5.41) is 12.1. The number of thiophene rings is 1. The molecular formula is C13H18N4O3S2. The van der Waals surface area contributed by atoms with E-state index in [0.717, 1.165) is 18.4 Å². The number of nitrogens with zero attached hydrogens (tertiary/aromatic N) is 4. The van der Waals surface area contributed by atoms with Crippen LogP contribution in [0.1, 0.15) is 24.7 Å². The minimum atomic E-state index is -3.40. The molecule has 1 aliphatic rings. The summed E-state index contributed by atoms with van der Waals surface area (Å²) in [6, 6.07) is 1.92. The Balaban J connectivity index is 1.78. The highest BCUT2D eigenvalue weighted by atomic mass is 32.2. The molecule has 120 valence electrons. The Bertz CT molecular complexity index is 724. The highest BCUT2D eigenvalue weighted by molar-refractivity contribution is 7.86. The normalized spacial score (nSPS) is 20.6. The first-order valence-corrected chi connectivity index (χ1v) is 9.36. The topological polar surface area (TPSA) is 79.5 Å². The summed E-state index contributed by atoms with van der Waals surface area (Å²) >= 11 is 1.57. The fourth-order valence-corrected chi connectivity index (χ4v) is 4.31. The molecular weight excluding hydrogens is 324 g/mol. The van der Waals surface area contributed by atoms with Crippen molar-refractivity contribution in [3.05, 3.63) is 22.7 Å². The zero-order chi connectivity index (χ0) is 15.7. The van der Waals surface area contributed by atoms with Crippen molar-refractivity contribution in [2.45, 2.75) is 18.8 Å². The zero-order valence-electron chi connectivity index (χ0n) is 12.5. The Kier molecular flexibility index (Phi) is 4.31. The monoisotopic (exact) mass is 342 g/mol. The predicted molar refractivity (Wildman–Crippen MR) is 83.8 cm³/mol. The molecule has 22 heavy (non-hydrogen) atoms. The van der Waals surface area contributed by atoms with Crippen molar-refractivity contribution in [3.63, 3.8) is 0 Å². The molecule has 3 rings (SSSR count). The van der Waals surface area contributed by atoms with E-state index in [2.05, 4.69) is 10.2 Å². The fraction of sp³-hybridized carbons (Fsp3) is 0.538. The van der Waals surface area contributed by atoms with Crippen molar-refractivity contribution in [2.75, 3.05) is 27.2 Å². The van der Waals surface area contributed by atoms with Crippen LogP contribution in [-0.4, -0.2) is 54.4 Å². The second kappa shape index (κ2) is 6.07. The molecule has 1 atom stereocenters. The maximum atomic E-state index is 12.2. The lowest BCUT2D eigenvalue weighted by Gasteiger charge is -2.31. The van der Waals surface area contributed by atoms with E-state index in [-0.39, 0.29) is 5.92 Å². The maximum Gasteiger partial charge on any atom is 0.281 e. The van der Waals surface area contributed by atoms with Crippen molar-refractivity contribution >= 4 is 21.5 Å². The van der Waals surface area contributed by atoms with Crippen LogP contribution < -0.4 is 0 Å². The molecule has 1 aliphatic heterocycles. The summed E-state index contributed by atoms with van der Waals surface area (Å²) < 4.78 is 32.9. The lowest BCUT2D eigenvalue weighted by molar-refractivity contribution is 0.274. The third-order valence-electron chi connectivity index (χ3n) is 3.73. The molecule has 0 radical (unpaired) electrons. The first-order valence-electron chi connectivity index (χ1n) is 7.02. The standard InChI is InChI=1S/C13H18N4O3S2/c1-16(2)22(18,19)17-6-3-4-10(8-17)12-14-15-13(20-12)11-5-7-21-9-11/h5,7,9-10H,3-4,6,8H2,1-2H3/t10-/m1/s1. The van der Waals surface area contributed by atoms with E-state index in [1.807, 2.05) is 16.8 Å². The SMILES string of the molecule is CN(C)S(=O)(=O)N1CCC[C@@H](c2nnc(-c3ccsc3)o2)C1. The van der Waals surface area contributed by atoms with Gasteiger partial charge in [0.05, 0.1) is 5.92 Å². The van der Waals surface area contributed by atoms with Gasteiger partial charge in [-0.3, -0.25) is 0 Å². The molecule has 3 heterocycles. The van der Waals surface area contributed by atoms with Gasteiger partial charge >= 0.3 is 0 Å². The largest absolute Gasteiger partial charge is 0.420 e. The van der Waals surface area contributed by atoms with Crippen molar-refractivity contribution in [1.29, 1.82) is 0 Å². The molecule has 2 aromatic heterocycles. The predicted octanol–water partition coefficient (Wildman–Crippen LogP) is 1.78. The average Bonchev–Trinajstić information content (AvgIpc) is 3.18. The van der Waals surface area contributed by atoms with E-state index in [1.165, 1.54) is 8.61 Å². The summed E-state index contributed by atoms with van der Waals surface area (Å²) in [5.41, 5.74) is 0.900. The quantitative estimate of drug-likeness (QED) is 0.846. The van der Waals surface area contributed by atoms with E-state index >= 15 is 0 Å². The van der Waals surface area contributed by atoms with Crippen LogP contribution in [0.5, 0.6) is 0 Å². The molecule has 7 nitrogen and oxygen atoms in total. The van der Waals surface area contributed by atoms with Crippen LogP contribution in [0.25, 0.3) is 11.5 Å². The maximum absolute atomic E-state index is 12.2. The molecule has 2 aromatic rings. The first-order chi connectivity index (χ1) is 10.5. The van der Waals surface area contributed by atoms with Gasteiger partial charge < -0.3 is 4.42 Å². The lowest BCUT2D eigenvalue weighted by Crippen LogP contribution is -2.44. The Morgan fingerprint density at radius 3 is 2.91 bits per heavy atom. The van der Waals surface area contributed by atoms with Crippen LogP contribution >= 0.6 is 11.3 Å².